The van der Waals surface area contributed by atoms with Crippen molar-refractivity contribution < 1.29 is 24.2 Å². The molecule has 0 aromatic heterocycles. The van der Waals surface area contributed by atoms with Gasteiger partial charge in [-0.2, -0.15) is 0 Å². The van der Waals surface area contributed by atoms with Crippen molar-refractivity contribution in [2.75, 3.05) is 7.11 Å². The molecule has 0 aliphatic rings. The van der Waals surface area contributed by atoms with E-state index in [-0.39, 0.29) is 18.7 Å². The molecule has 0 rings (SSSR count). The first-order valence-electron chi connectivity index (χ1n) is 10.1. The van der Waals surface area contributed by atoms with Gasteiger partial charge in [0.05, 0.1) is 7.11 Å². The van der Waals surface area contributed by atoms with E-state index >= 15 is 0 Å². The molecule has 6 nitrogen and oxygen atoms in total. The molecule has 152 valence electrons. The Hall–Kier alpha value is -1.59. The molecule has 0 aromatic carbocycles. The number of methoxy groups -OCH3 is 1. The van der Waals surface area contributed by atoms with Gasteiger partial charge in [0.1, 0.15) is 6.04 Å². The zero-order valence-electron chi connectivity index (χ0n) is 16.6. The smallest absolute Gasteiger partial charge is 0.328 e. The summed E-state index contributed by atoms with van der Waals surface area (Å²) in [6.07, 6.45) is 13.6. The molecule has 0 unspecified atom stereocenters. The highest BCUT2D eigenvalue weighted by molar-refractivity contribution is 5.84. The number of aliphatic carboxylic acids is 1. The van der Waals surface area contributed by atoms with E-state index in [4.69, 9.17) is 5.11 Å². The summed E-state index contributed by atoms with van der Waals surface area (Å²) in [7, 11) is 1.23. The molecule has 6 heteroatoms. The minimum atomic E-state index is -1.00. The Morgan fingerprint density at radius 3 is 1.81 bits per heavy atom. The third kappa shape index (κ3) is 14.7. The zero-order chi connectivity index (χ0) is 19.6. The summed E-state index contributed by atoms with van der Waals surface area (Å²) in [5.74, 6) is -1.82. The highest BCUT2D eigenvalue weighted by Crippen LogP contribution is 2.12. The second kappa shape index (κ2) is 16.9. The van der Waals surface area contributed by atoms with Crippen LogP contribution in [0.3, 0.4) is 0 Å². The van der Waals surface area contributed by atoms with Gasteiger partial charge in [-0.1, -0.05) is 71.1 Å². The fraction of sp³-hybridized carbons (Fsp3) is 0.850. The Morgan fingerprint density at radius 1 is 0.846 bits per heavy atom. The van der Waals surface area contributed by atoms with Crippen LogP contribution in [-0.2, 0) is 19.1 Å². The summed E-state index contributed by atoms with van der Waals surface area (Å²) in [5.41, 5.74) is 0. The maximum absolute atomic E-state index is 11.9. The summed E-state index contributed by atoms with van der Waals surface area (Å²) >= 11 is 0. The molecule has 0 aromatic rings. The van der Waals surface area contributed by atoms with Gasteiger partial charge in [-0.25, -0.2) is 4.79 Å². The monoisotopic (exact) mass is 371 g/mol. The Labute approximate surface area is 158 Å². The number of rotatable bonds is 17. The number of nitrogens with one attached hydrogen (secondary N) is 1. The van der Waals surface area contributed by atoms with E-state index in [9.17, 15) is 14.4 Å². The number of hydrogen-bond acceptors (Lipinski definition) is 4. The van der Waals surface area contributed by atoms with Gasteiger partial charge in [0.2, 0.25) is 5.91 Å². The van der Waals surface area contributed by atoms with E-state index < -0.39 is 18.0 Å². The van der Waals surface area contributed by atoms with Crippen LogP contribution in [0.1, 0.15) is 96.8 Å². The first kappa shape index (κ1) is 24.4. The van der Waals surface area contributed by atoms with Crippen molar-refractivity contribution in [3.05, 3.63) is 0 Å². The highest BCUT2D eigenvalue weighted by atomic mass is 16.5. The molecule has 0 radical (unpaired) electrons. The van der Waals surface area contributed by atoms with Crippen molar-refractivity contribution in [2.24, 2.45) is 0 Å². The average Bonchev–Trinajstić information content (AvgIpc) is 2.62. The minimum absolute atomic E-state index is 0.0476. The second-order valence-corrected chi connectivity index (χ2v) is 6.86. The van der Waals surface area contributed by atoms with Gasteiger partial charge in [-0.05, 0) is 12.8 Å². The largest absolute Gasteiger partial charge is 0.481 e. The van der Waals surface area contributed by atoms with Crippen molar-refractivity contribution in [3.8, 4) is 0 Å². The predicted molar refractivity (Wildman–Crippen MR) is 102 cm³/mol. The normalized spacial score (nSPS) is 11.8. The molecule has 1 atom stereocenters. The average molecular weight is 372 g/mol. The highest BCUT2D eigenvalue weighted by Gasteiger charge is 2.22. The minimum Gasteiger partial charge on any atom is -0.481 e. The molecule has 0 heterocycles. The van der Waals surface area contributed by atoms with Crippen LogP contribution in [-0.4, -0.2) is 36.1 Å². The van der Waals surface area contributed by atoms with Gasteiger partial charge in [0.25, 0.3) is 0 Å². The van der Waals surface area contributed by atoms with Gasteiger partial charge >= 0.3 is 11.9 Å². The standard InChI is InChI=1S/C20H37NO5/c1-3-4-5-6-7-8-9-10-11-12-13-14-18(22)21-17(20(25)26-2)15-16-19(23)24/h17H,3-16H2,1-2H3,(H,21,22)(H,23,24)/t17-/m0/s1. The first-order chi connectivity index (χ1) is 12.5. The molecule has 26 heavy (non-hydrogen) atoms. The fourth-order valence-corrected chi connectivity index (χ4v) is 2.88. The van der Waals surface area contributed by atoms with Gasteiger partial charge in [0, 0.05) is 12.8 Å². The number of ether oxygens (including phenoxy) is 1. The molecule has 0 aliphatic carbocycles. The SMILES string of the molecule is CCCCCCCCCCCCCC(=O)N[C@@H](CCC(=O)O)C(=O)OC. The van der Waals surface area contributed by atoms with Crippen LogP contribution in [0.25, 0.3) is 0 Å². The molecular weight excluding hydrogens is 334 g/mol. The van der Waals surface area contributed by atoms with Crippen LogP contribution in [0.15, 0.2) is 0 Å². The summed E-state index contributed by atoms with van der Waals surface area (Å²) in [4.78, 5) is 34.1. The fourth-order valence-electron chi connectivity index (χ4n) is 2.88. The van der Waals surface area contributed by atoms with Crippen LogP contribution >= 0.6 is 0 Å². The number of carboxylic acids is 1. The van der Waals surface area contributed by atoms with Gasteiger partial charge in [-0.3, -0.25) is 9.59 Å². The lowest BCUT2D eigenvalue weighted by atomic mass is 10.0. The molecule has 0 spiro atoms. The number of carbonyl (C=O) groups is 3. The van der Waals surface area contributed by atoms with Crippen molar-refractivity contribution >= 4 is 17.8 Å². The number of unbranched alkanes of at least 4 members (excludes halogenated alkanes) is 10. The van der Waals surface area contributed by atoms with E-state index in [1.54, 1.807) is 0 Å². The van der Waals surface area contributed by atoms with Gasteiger partial charge < -0.3 is 15.2 Å². The molecule has 0 aliphatic heterocycles. The van der Waals surface area contributed by atoms with Crippen LogP contribution in [0.5, 0.6) is 0 Å². The van der Waals surface area contributed by atoms with Gasteiger partial charge in [0.15, 0.2) is 0 Å². The van der Waals surface area contributed by atoms with E-state index in [2.05, 4.69) is 17.0 Å². The van der Waals surface area contributed by atoms with Crippen LogP contribution < -0.4 is 5.32 Å². The number of esters is 1. The Bertz CT molecular complexity index is 398. The van der Waals surface area contributed by atoms with Crippen LogP contribution in [0.2, 0.25) is 0 Å². The molecule has 0 saturated heterocycles. The number of carbonyl (C=O) groups excluding carboxylic acids is 2. The molecule has 0 bridgehead atoms. The Morgan fingerprint density at radius 2 is 1.35 bits per heavy atom. The Balaban J connectivity index is 3.70. The second-order valence-electron chi connectivity index (χ2n) is 6.86. The number of carboxylic acid groups (broad SMARTS) is 1. The maximum Gasteiger partial charge on any atom is 0.328 e. The third-order valence-corrected chi connectivity index (χ3v) is 4.48. The predicted octanol–water partition coefficient (Wildman–Crippen LogP) is 4.21. The van der Waals surface area contributed by atoms with E-state index in [1.807, 2.05) is 0 Å². The van der Waals surface area contributed by atoms with Crippen LogP contribution in [0.4, 0.5) is 0 Å². The summed E-state index contributed by atoms with van der Waals surface area (Å²) in [5, 5.41) is 11.3. The van der Waals surface area contributed by atoms with Crippen molar-refractivity contribution in [2.45, 2.75) is 103 Å². The number of amides is 1. The van der Waals surface area contributed by atoms with E-state index in [0.29, 0.717) is 6.42 Å². The molecule has 0 fully saturated rings. The lowest BCUT2D eigenvalue weighted by molar-refractivity contribution is -0.146. The van der Waals surface area contributed by atoms with Crippen molar-refractivity contribution in [3.63, 3.8) is 0 Å². The number of hydrogen-bond donors (Lipinski definition) is 2. The topological polar surface area (TPSA) is 92.7 Å². The molecule has 2 N–H and O–H groups in total. The van der Waals surface area contributed by atoms with Crippen molar-refractivity contribution in [1.29, 1.82) is 0 Å². The summed E-state index contributed by atoms with van der Waals surface area (Å²) in [6, 6.07) is -0.878. The Kier molecular flexibility index (Phi) is 15.8. The summed E-state index contributed by atoms with van der Waals surface area (Å²) in [6.45, 7) is 2.23. The lowest BCUT2D eigenvalue weighted by Gasteiger charge is -2.15. The van der Waals surface area contributed by atoms with E-state index in [0.717, 1.165) is 19.3 Å². The quantitative estimate of drug-likeness (QED) is 0.295. The third-order valence-electron chi connectivity index (χ3n) is 4.48. The molecule has 1 amide bonds. The van der Waals surface area contributed by atoms with E-state index in [1.165, 1.54) is 58.5 Å². The summed E-state index contributed by atoms with van der Waals surface area (Å²) < 4.78 is 4.61. The molecule has 0 saturated carbocycles. The van der Waals surface area contributed by atoms with Gasteiger partial charge in [-0.15, -0.1) is 0 Å². The maximum atomic E-state index is 11.9. The van der Waals surface area contributed by atoms with Crippen molar-refractivity contribution in [1.82, 2.24) is 5.32 Å². The molecular formula is C20H37NO5. The van der Waals surface area contributed by atoms with Crippen LogP contribution in [0, 0.1) is 0 Å². The zero-order valence-corrected chi connectivity index (χ0v) is 16.6. The lowest BCUT2D eigenvalue weighted by Crippen LogP contribution is -2.41. The first-order valence-corrected chi connectivity index (χ1v) is 10.1.